The average molecular weight is 214 g/mol. The van der Waals surface area contributed by atoms with Gasteiger partial charge in [-0.1, -0.05) is 33.0 Å². The SMILES string of the molecule is CCc1nc(C(C)C)c(C(N)=S)s1. The van der Waals surface area contributed by atoms with Gasteiger partial charge < -0.3 is 5.73 Å². The Balaban J connectivity index is 3.15. The molecule has 2 nitrogen and oxygen atoms in total. The number of nitrogens with two attached hydrogens (primary N) is 1. The van der Waals surface area contributed by atoms with Gasteiger partial charge in [-0.05, 0) is 12.3 Å². The van der Waals surface area contributed by atoms with E-state index < -0.39 is 0 Å². The van der Waals surface area contributed by atoms with Crippen molar-refractivity contribution in [2.75, 3.05) is 0 Å². The van der Waals surface area contributed by atoms with Crippen LogP contribution >= 0.6 is 23.6 Å². The van der Waals surface area contributed by atoms with Crippen molar-refractivity contribution in [2.45, 2.75) is 33.1 Å². The Hall–Kier alpha value is -0.480. The number of rotatable bonds is 3. The topological polar surface area (TPSA) is 38.9 Å². The lowest BCUT2D eigenvalue weighted by Crippen LogP contribution is -2.10. The first kappa shape index (κ1) is 10.6. The maximum Gasteiger partial charge on any atom is 0.116 e. The Kier molecular flexibility index (Phi) is 3.39. The van der Waals surface area contributed by atoms with Gasteiger partial charge in [0, 0.05) is 0 Å². The van der Waals surface area contributed by atoms with E-state index in [1.54, 1.807) is 11.3 Å². The second-order valence-electron chi connectivity index (χ2n) is 3.19. The van der Waals surface area contributed by atoms with Gasteiger partial charge in [-0.3, -0.25) is 0 Å². The smallest absolute Gasteiger partial charge is 0.116 e. The second-order valence-corrected chi connectivity index (χ2v) is 4.72. The lowest BCUT2D eigenvalue weighted by atomic mass is 10.1. The molecule has 0 bridgehead atoms. The molecular weight excluding hydrogens is 200 g/mol. The van der Waals surface area contributed by atoms with Crippen molar-refractivity contribution < 1.29 is 0 Å². The van der Waals surface area contributed by atoms with Crippen molar-refractivity contribution in [2.24, 2.45) is 5.73 Å². The van der Waals surface area contributed by atoms with Crippen LogP contribution in [-0.2, 0) is 6.42 Å². The molecule has 0 saturated carbocycles. The van der Waals surface area contributed by atoms with Crippen molar-refractivity contribution in [1.29, 1.82) is 0 Å². The van der Waals surface area contributed by atoms with Gasteiger partial charge in [0.05, 0.1) is 15.6 Å². The third kappa shape index (κ3) is 2.25. The zero-order chi connectivity index (χ0) is 10.0. The molecule has 72 valence electrons. The number of aromatic nitrogens is 1. The molecule has 4 heteroatoms. The third-order valence-corrected chi connectivity index (χ3v) is 3.35. The summed E-state index contributed by atoms with van der Waals surface area (Å²) >= 11 is 6.60. The molecule has 0 atom stereocenters. The van der Waals surface area contributed by atoms with Crippen LogP contribution in [0.25, 0.3) is 0 Å². The van der Waals surface area contributed by atoms with E-state index in [1.807, 2.05) is 0 Å². The quantitative estimate of drug-likeness (QED) is 0.786. The standard InChI is InChI=1S/C9H14N2S2/c1-4-6-11-7(5(2)3)8(13-6)9(10)12/h5H,4H2,1-3H3,(H2,10,12). The van der Waals surface area contributed by atoms with Crippen LogP contribution in [0, 0.1) is 0 Å². The maximum absolute atomic E-state index is 5.62. The Labute approximate surface area is 88.2 Å². The summed E-state index contributed by atoms with van der Waals surface area (Å²) in [5.74, 6) is 0.396. The molecule has 0 aliphatic rings. The molecule has 1 rings (SSSR count). The summed E-state index contributed by atoms with van der Waals surface area (Å²) in [6, 6.07) is 0. The molecule has 0 fully saturated rings. The van der Waals surface area contributed by atoms with Crippen molar-refractivity contribution in [1.82, 2.24) is 4.98 Å². The maximum atomic E-state index is 5.62. The molecule has 1 heterocycles. The Morgan fingerprint density at radius 1 is 1.62 bits per heavy atom. The van der Waals surface area contributed by atoms with Gasteiger partial charge in [-0.15, -0.1) is 11.3 Å². The van der Waals surface area contributed by atoms with Gasteiger partial charge in [-0.25, -0.2) is 4.98 Å². The highest BCUT2D eigenvalue weighted by atomic mass is 32.1. The first-order chi connectivity index (χ1) is 6.06. The van der Waals surface area contributed by atoms with E-state index >= 15 is 0 Å². The van der Waals surface area contributed by atoms with E-state index in [2.05, 4.69) is 25.8 Å². The lowest BCUT2D eigenvalue weighted by Gasteiger charge is -2.02. The Morgan fingerprint density at radius 2 is 2.23 bits per heavy atom. The van der Waals surface area contributed by atoms with Crippen molar-refractivity contribution in [3.05, 3.63) is 15.6 Å². The number of aryl methyl sites for hydroxylation is 1. The van der Waals surface area contributed by atoms with E-state index in [1.165, 1.54) is 0 Å². The molecular formula is C9H14N2S2. The van der Waals surface area contributed by atoms with Gasteiger partial charge in [0.15, 0.2) is 0 Å². The fourth-order valence-corrected chi connectivity index (χ4v) is 2.34. The fraction of sp³-hybridized carbons (Fsp3) is 0.556. The minimum absolute atomic E-state index is 0.396. The number of thiazole rings is 1. The summed E-state index contributed by atoms with van der Waals surface area (Å²) in [5, 5.41) is 1.12. The number of nitrogens with zero attached hydrogens (tertiary/aromatic N) is 1. The molecule has 0 saturated heterocycles. The van der Waals surface area contributed by atoms with Gasteiger partial charge in [0.25, 0.3) is 0 Å². The highest BCUT2D eigenvalue weighted by Gasteiger charge is 2.14. The van der Waals surface area contributed by atoms with E-state index in [-0.39, 0.29) is 0 Å². The second kappa shape index (κ2) is 4.15. The molecule has 0 aromatic carbocycles. The average Bonchev–Trinajstić information content (AvgIpc) is 2.47. The number of thiocarbonyl (C=S) groups is 1. The third-order valence-electron chi connectivity index (χ3n) is 1.77. The summed E-state index contributed by atoms with van der Waals surface area (Å²) in [7, 11) is 0. The Bertz CT molecular complexity index is 315. The predicted octanol–water partition coefficient (Wildman–Crippen LogP) is 2.46. The first-order valence-electron chi connectivity index (χ1n) is 4.35. The molecule has 0 aliphatic heterocycles. The van der Waals surface area contributed by atoms with Crippen molar-refractivity contribution in [3.8, 4) is 0 Å². The van der Waals surface area contributed by atoms with Crippen LogP contribution in [0.1, 0.15) is 42.3 Å². The monoisotopic (exact) mass is 214 g/mol. The van der Waals surface area contributed by atoms with Crippen LogP contribution in [0.4, 0.5) is 0 Å². The molecule has 0 aliphatic carbocycles. The molecule has 0 amide bonds. The molecule has 0 spiro atoms. The largest absolute Gasteiger partial charge is 0.389 e. The minimum atomic E-state index is 0.396. The summed E-state index contributed by atoms with van der Waals surface area (Å²) in [5.41, 5.74) is 6.67. The summed E-state index contributed by atoms with van der Waals surface area (Å²) < 4.78 is 0. The van der Waals surface area contributed by atoms with Crippen LogP contribution in [0.3, 0.4) is 0 Å². The first-order valence-corrected chi connectivity index (χ1v) is 5.58. The summed E-state index contributed by atoms with van der Waals surface area (Å²) in [4.78, 5) is 5.96. The molecule has 0 unspecified atom stereocenters. The van der Waals surface area contributed by atoms with Gasteiger partial charge in [-0.2, -0.15) is 0 Å². The highest BCUT2D eigenvalue weighted by Crippen LogP contribution is 2.25. The normalized spacial score (nSPS) is 10.8. The lowest BCUT2D eigenvalue weighted by molar-refractivity contribution is 0.821. The number of hydrogen-bond acceptors (Lipinski definition) is 3. The van der Waals surface area contributed by atoms with Gasteiger partial charge in [0.1, 0.15) is 4.99 Å². The minimum Gasteiger partial charge on any atom is -0.389 e. The summed E-state index contributed by atoms with van der Waals surface area (Å²) in [6.45, 7) is 6.30. The number of hydrogen-bond donors (Lipinski definition) is 1. The zero-order valence-corrected chi connectivity index (χ0v) is 9.76. The van der Waals surface area contributed by atoms with E-state index in [0.717, 1.165) is 22.0 Å². The Morgan fingerprint density at radius 3 is 2.54 bits per heavy atom. The molecule has 1 aromatic rings. The molecule has 1 aromatic heterocycles. The molecule has 13 heavy (non-hydrogen) atoms. The molecule has 0 radical (unpaired) electrons. The van der Waals surface area contributed by atoms with Crippen molar-refractivity contribution in [3.63, 3.8) is 0 Å². The fourth-order valence-electron chi connectivity index (χ4n) is 1.10. The summed E-state index contributed by atoms with van der Waals surface area (Å²) in [6.07, 6.45) is 0.951. The van der Waals surface area contributed by atoms with Gasteiger partial charge in [0.2, 0.25) is 0 Å². The highest BCUT2D eigenvalue weighted by molar-refractivity contribution is 7.81. The van der Waals surface area contributed by atoms with Crippen LogP contribution in [0.15, 0.2) is 0 Å². The van der Waals surface area contributed by atoms with Crippen LogP contribution in [-0.4, -0.2) is 9.97 Å². The predicted molar refractivity (Wildman–Crippen MR) is 61.5 cm³/mol. The van der Waals surface area contributed by atoms with E-state index in [0.29, 0.717) is 10.9 Å². The van der Waals surface area contributed by atoms with Crippen LogP contribution < -0.4 is 5.73 Å². The zero-order valence-electron chi connectivity index (χ0n) is 8.13. The van der Waals surface area contributed by atoms with Gasteiger partial charge >= 0.3 is 0 Å². The van der Waals surface area contributed by atoms with Crippen LogP contribution in [0.5, 0.6) is 0 Å². The molecule has 2 N–H and O–H groups in total. The van der Waals surface area contributed by atoms with E-state index in [9.17, 15) is 0 Å². The van der Waals surface area contributed by atoms with Crippen LogP contribution in [0.2, 0.25) is 0 Å². The van der Waals surface area contributed by atoms with E-state index in [4.69, 9.17) is 18.0 Å². The van der Waals surface area contributed by atoms with Crippen molar-refractivity contribution >= 4 is 28.5 Å².